The molecule has 22 heavy (non-hydrogen) atoms. The minimum Gasteiger partial charge on any atom is -0.338 e. The first-order valence-corrected chi connectivity index (χ1v) is 6.38. The lowest BCUT2D eigenvalue weighted by molar-refractivity contribution is -0.144. The molecule has 0 spiro atoms. The van der Waals surface area contributed by atoms with Crippen LogP contribution in [0.2, 0.25) is 0 Å². The Kier molecular flexibility index (Phi) is 2.50. The number of aromatic amines is 1. The van der Waals surface area contributed by atoms with Crippen molar-refractivity contribution in [1.29, 1.82) is 0 Å². The fourth-order valence-corrected chi connectivity index (χ4v) is 2.43. The number of anilines is 2. The van der Waals surface area contributed by atoms with Crippen molar-refractivity contribution in [3.8, 4) is 22.5 Å². The first kappa shape index (κ1) is 12.8. The van der Waals surface area contributed by atoms with Crippen LogP contribution in [0.3, 0.4) is 0 Å². The number of hydrogen-bond acceptors (Lipinski definition) is 4. The second kappa shape index (κ2) is 4.30. The van der Waals surface area contributed by atoms with E-state index in [1.807, 2.05) is 0 Å². The number of alkyl halides is 3. The number of hydrogen-bond donors (Lipinski definition) is 2. The number of fused-ring (bicyclic) bond motifs is 5. The number of pyridine rings is 2. The van der Waals surface area contributed by atoms with E-state index in [0.717, 1.165) is 0 Å². The molecule has 0 aliphatic carbocycles. The highest BCUT2D eigenvalue weighted by Gasteiger charge is 2.37. The molecule has 0 bridgehead atoms. The molecular formula is C14H8F3N5. The smallest absolute Gasteiger partial charge is 0.338 e. The van der Waals surface area contributed by atoms with Crippen molar-refractivity contribution in [2.45, 2.75) is 6.18 Å². The van der Waals surface area contributed by atoms with Gasteiger partial charge in [0.25, 0.3) is 0 Å². The minimum absolute atomic E-state index is 0.216. The summed E-state index contributed by atoms with van der Waals surface area (Å²) in [5, 5.41) is 3.08. The molecule has 3 aromatic rings. The zero-order valence-electron chi connectivity index (χ0n) is 10.9. The number of halogens is 3. The van der Waals surface area contributed by atoms with Gasteiger partial charge in [0.05, 0.1) is 17.6 Å². The third kappa shape index (κ3) is 1.84. The van der Waals surface area contributed by atoms with E-state index >= 15 is 0 Å². The van der Waals surface area contributed by atoms with Crippen LogP contribution < -0.4 is 5.32 Å². The Bertz CT molecular complexity index is 806. The molecule has 0 saturated heterocycles. The molecule has 110 valence electrons. The predicted octanol–water partition coefficient (Wildman–Crippen LogP) is 3.61. The summed E-state index contributed by atoms with van der Waals surface area (Å²) in [7, 11) is 0. The molecule has 0 fully saturated rings. The molecule has 5 nitrogen and oxygen atoms in total. The van der Waals surface area contributed by atoms with Crippen LogP contribution in [0.4, 0.5) is 24.7 Å². The van der Waals surface area contributed by atoms with Crippen LogP contribution in [0.15, 0.2) is 36.8 Å². The van der Waals surface area contributed by atoms with Gasteiger partial charge in [-0.1, -0.05) is 0 Å². The lowest BCUT2D eigenvalue weighted by atomic mass is 10.1. The molecule has 3 aromatic heterocycles. The largest absolute Gasteiger partial charge is 0.449 e. The Morgan fingerprint density at radius 1 is 1.05 bits per heavy atom. The van der Waals surface area contributed by atoms with Crippen LogP contribution in [0.5, 0.6) is 0 Å². The number of imidazole rings is 1. The van der Waals surface area contributed by atoms with Crippen molar-refractivity contribution < 1.29 is 13.2 Å². The molecule has 0 amide bonds. The van der Waals surface area contributed by atoms with Crippen LogP contribution in [0.1, 0.15) is 5.82 Å². The van der Waals surface area contributed by atoms with Gasteiger partial charge >= 0.3 is 6.18 Å². The van der Waals surface area contributed by atoms with Crippen molar-refractivity contribution in [3.63, 3.8) is 0 Å². The summed E-state index contributed by atoms with van der Waals surface area (Å²) >= 11 is 0. The van der Waals surface area contributed by atoms with E-state index in [1.54, 1.807) is 24.4 Å². The highest BCUT2D eigenvalue weighted by Crippen LogP contribution is 2.43. The van der Waals surface area contributed by atoms with Crippen LogP contribution in [0.25, 0.3) is 22.5 Å². The Hall–Kier alpha value is -2.90. The van der Waals surface area contributed by atoms with Gasteiger partial charge in [0.1, 0.15) is 11.5 Å². The highest BCUT2D eigenvalue weighted by molar-refractivity contribution is 5.94. The van der Waals surface area contributed by atoms with E-state index in [2.05, 4.69) is 25.3 Å². The summed E-state index contributed by atoms with van der Waals surface area (Å²) in [5.74, 6) is -0.590. The highest BCUT2D eigenvalue weighted by atomic mass is 19.4. The van der Waals surface area contributed by atoms with Crippen molar-refractivity contribution in [2.24, 2.45) is 0 Å². The van der Waals surface area contributed by atoms with E-state index in [4.69, 9.17) is 0 Å². The maximum absolute atomic E-state index is 13.0. The fraction of sp³-hybridized carbons (Fsp3) is 0.0714. The second-order valence-electron chi connectivity index (χ2n) is 4.75. The normalized spacial score (nSPS) is 12.7. The van der Waals surface area contributed by atoms with Crippen LogP contribution in [-0.2, 0) is 6.18 Å². The number of rotatable bonds is 0. The maximum Gasteiger partial charge on any atom is 0.449 e. The van der Waals surface area contributed by atoms with Crippen molar-refractivity contribution in [3.05, 3.63) is 42.6 Å². The number of nitrogens with zero attached hydrogens (tertiary/aromatic N) is 3. The third-order valence-electron chi connectivity index (χ3n) is 3.38. The average molecular weight is 303 g/mol. The van der Waals surface area contributed by atoms with Gasteiger partial charge in [-0.3, -0.25) is 4.98 Å². The van der Waals surface area contributed by atoms with Gasteiger partial charge in [0.2, 0.25) is 5.82 Å². The molecule has 0 atom stereocenters. The summed E-state index contributed by atoms with van der Waals surface area (Å²) in [5.41, 5.74) is 2.14. The average Bonchev–Trinajstić information content (AvgIpc) is 2.89. The maximum atomic E-state index is 13.0. The Morgan fingerprint density at radius 2 is 1.91 bits per heavy atom. The zero-order valence-corrected chi connectivity index (χ0v) is 10.9. The summed E-state index contributed by atoms with van der Waals surface area (Å²) in [4.78, 5) is 14.3. The lowest BCUT2D eigenvalue weighted by Gasteiger charge is -2.08. The second-order valence-corrected chi connectivity index (χ2v) is 4.75. The molecule has 1 aliphatic rings. The van der Waals surface area contributed by atoms with Crippen molar-refractivity contribution >= 4 is 11.5 Å². The Morgan fingerprint density at radius 3 is 2.73 bits per heavy atom. The predicted molar refractivity (Wildman–Crippen MR) is 73.3 cm³/mol. The van der Waals surface area contributed by atoms with Gasteiger partial charge < -0.3 is 10.3 Å². The summed E-state index contributed by atoms with van der Waals surface area (Å²) < 4.78 is 39.0. The first-order valence-electron chi connectivity index (χ1n) is 6.38. The van der Waals surface area contributed by atoms with Crippen molar-refractivity contribution in [2.75, 3.05) is 5.32 Å². The lowest BCUT2D eigenvalue weighted by Crippen LogP contribution is -2.07. The van der Waals surface area contributed by atoms with Gasteiger partial charge in [-0.2, -0.15) is 13.2 Å². The van der Waals surface area contributed by atoms with Gasteiger partial charge in [-0.15, -0.1) is 0 Å². The third-order valence-corrected chi connectivity index (χ3v) is 3.38. The molecule has 0 unspecified atom stereocenters. The molecule has 0 aromatic carbocycles. The number of H-pyrrole nitrogens is 1. The van der Waals surface area contributed by atoms with Gasteiger partial charge in [0, 0.05) is 23.5 Å². The van der Waals surface area contributed by atoms with E-state index in [1.165, 1.54) is 12.4 Å². The topological polar surface area (TPSA) is 66.5 Å². The zero-order chi connectivity index (χ0) is 15.3. The molecule has 8 heteroatoms. The van der Waals surface area contributed by atoms with Crippen LogP contribution in [-0.4, -0.2) is 19.9 Å². The van der Waals surface area contributed by atoms with E-state index in [0.29, 0.717) is 28.3 Å². The fourth-order valence-electron chi connectivity index (χ4n) is 2.43. The molecule has 1 aliphatic heterocycles. The quantitative estimate of drug-likeness (QED) is 0.521. The molecule has 0 saturated carbocycles. The van der Waals surface area contributed by atoms with E-state index < -0.39 is 12.0 Å². The first-order chi connectivity index (χ1) is 10.5. The van der Waals surface area contributed by atoms with Crippen LogP contribution >= 0.6 is 0 Å². The van der Waals surface area contributed by atoms with Gasteiger partial charge in [0.15, 0.2) is 0 Å². The Labute approximate surface area is 122 Å². The number of aromatic nitrogens is 4. The van der Waals surface area contributed by atoms with E-state index in [-0.39, 0.29) is 5.69 Å². The SMILES string of the molecule is FC(F)(F)c1nc2c([nH]1)-c1ccncc1Nc1ncccc1-2. The van der Waals surface area contributed by atoms with Gasteiger partial charge in [-0.25, -0.2) is 9.97 Å². The van der Waals surface area contributed by atoms with Crippen LogP contribution in [0, 0.1) is 0 Å². The summed E-state index contributed by atoms with van der Waals surface area (Å²) in [6.07, 6.45) is 0.0676. The molecule has 2 N–H and O–H groups in total. The van der Waals surface area contributed by atoms with Crippen molar-refractivity contribution in [1.82, 2.24) is 19.9 Å². The minimum atomic E-state index is -4.55. The Balaban J connectivity index is 2.07. The molecule has 0 radical (unpaired) electrons. The van der Waals surface area contributed by atoms with E-state index in [9.17, 15) is 13.2 Å². The molecular weight excluding hydrogens is 295 g/mol. The number of nitrogens with one attached hydrogen (secondary N) is 2. The molecule has 4 rings (SSSR count). The summed E-state index contributed by atoms with van der Waals surface area (Å²) in [6.45, 7) is 0. The monoisotopic (exact) mass is 303 g/mol. The summed E-state index contributed by atoms with van der Waals surface area (Å²) in [6, 6.07) is 4.96. The molecule has 4 heterocycles. The van der Waals surface area contributed by atoms with Gasteiger partial charge in [-0.05, 0) is 18.2 Å². The standard InChI is InChI=1S/C14H8F3N5/c15-14(16,17)13-21-10-7-3-5-18-6-9(7)20-12-8(11(10)22-13)2-1-4-19-12/h1-6H,(H,19,20)(H,21,22).